The number of nitrogens with one attached hydrogen (secondary N) is 2. The summed E-state index contributed by atoms with van der Waals surface area (Å²) in [6, 6.07) is 8.79. The Kier molecular flexibility index (Phi) is 7.40. The van der Waals surface area contributed by atoms with Crippen LogP contribution >= 0.6 is 0 Å². The summed E-state index contributed by atoms with van der Waals surface area (Å²) in [4.78, 5) is 24.0. The van der Waals surface area contributed by atoms with Gasteiger partial charge in [-0.05, 0) is 55.7 Å². The van der Waals surface area contributed by atoms with Crippen LogP contribution in [0.1, 0.15) is 37.7 Å². The monoisotopic (exact) mass is 376 g/mol. The summed E-state index contributed by atoms with van der Waals surface area (Å²) in [5.74, 6) is 0.233. The van der Waals surface area contributed by atoms with Crippen LogP contribution in [-0.2, 0) is 4.74 Å². The van der Waals surface area contributed by atoms with Crippen LogP contribution in [0.4, 0.5) is 9.18 Å². The molecule has 27 heavy (non-hydrogen) atoms. The average Bonchev–Trinajstić information content (AvgIpc) is 3.10. The maximum Gasteiger partial charge on any atom is 0.407 e. The molecule has 0 bridgehead atoms. The molecule has 0 aliphatic heterocycles. The highest BCUT2D eigenvalue weighted by Gasteiger charge is 2.18. The van der Waals surface area contributed by atoms with Crippen LogP contribution in [0.2, 0.25) is 0 Å². The number of halogens is 1. The largest absolute Gasteiger partial charge is 0.451 e. The summed E-state index contributed by atoms with van der Waals surface area (Å²) in [6.07, 6.45) is 0.187. The van der Waals surface area contributed by atoms with E-state index in [1.807, 2.05) is 13.8 Å². The fraction of sp³-hybridized carbons (Fsp3) is 0.400. The van der Waals surface area contributed by atoms with Gasteiger partial charge in [-0.25, -0.2) is 9.18 Å². The van der Waals surface area contributed by atoms with E-state index in [-0.39, 0.29) is 36.7 Å². The number of benzene rings is 1. The smallest absolute Gasteiger partial charge is 0.407 e. The first-order valence-electron chi connectivity index (χ1n) is 8.96. The summed E-state index contributed by atoms with van der Waals surface area (Å²) >= 11 is 0. The molecule has 0 aliphatic rings. The van der Waals surface area contributed by atoms with Crippen molar-refractivity contribution in [3.8, 4) is 11.3 Å². The number of alkyl carbamates (subject to hydrolysis) is 1. The van der Waals surface area contributed by atoms with Crippen LogP contribution in [-0.4, -0.2) is 31.2 Å². The summed E-state index contributed by atoms with van der Waals surface area (Å²) in [5.41, 5.74) is 0.678. The van der Waals surface area contributed by atoms with E-state index in [2.05, 4.69) is 10.6 Å². The van der Waals surface area contributed by atoms with Crippen molar-refractivity contribution in [1.82, 2.24) is 10.6 Å². The normalized spacial score (nSPS) is 11.9. The van der Waals surface area contributed by atoms with Gasteiger partial charge in [-0.2, -0.15) is 0 Å². The van der Waals surface area contributed by atoms with Crippen molar-refractivity contribution in [1.29, 1.82) is 0 Å². The summed E-state index contributed by atoms with van der Waals surface area (Å²) in [6.45, 7) is 6.33. The van der Waals surface area contributed by atoms with Crippen molar-refractivity contribution in [2.45, 2.75) is 33.2 Å². The lowest BCUT2D eigenvalue weighted by Crippen LogP contribution is -2.44. The predicted molar refractivity (Wildman–Crippen MR) is 99.8 cm³/mol. The van der Waals surface area contributed by atoms with Crippen LogP contribution in [0.15, 0.2) is 40.8 Å². The molecule has 1 aromatic heterocycles. The van der Waals surface area contributed by atoms with Crippen LogP contribution in [0.5, 0.6) is 0 Å². The zero-order valence-electron chi connectivity index (χ0n) is 15.8. The molecule has 0 fully saturated rings. The molecule has 6 nitrogen and oxygen atoms in total. The molecule has 0 spiro atoms. The maximum absolute atomic E-state index is 13.0. The summed E-state index contributed by atoms with van der Waals surface area (Å²) < 4.78 is 23.5. The van der Waals surface area contributed by atoms with Gasteiger partial charge in [0.2, 0.25) is 0 Å². The minimum atomic E-state index is -0.506. The lowest BCUT2D eigenvalue weighted by atomic mass is 10.0. The Morgan fingerprint density at radius 1 is 1.15 bits per heavy atom. The highest BCUT2D eigenvalue weighted by molar-refractivity contribution is 5.92. The molecule has 146 valence electrons. The van der Waals surface area contributed by atoms with Gasteiger partial charge in [-0.15, -0.1) is 0 Å². The topological polar surface area (TPSA) is 80.6 Å². The molecule has 0 radical (unpaired) electrons. The van der Waals surface area contributed by atoms with E-state index in [1.165, 1.54) is 12.1 Å². The highest BCUT2D eigenvalue weighted by Crippen LogP contribution is 2.22. The van der Waals surface area contributed by atoms with Crippen LogP contribution < -0.4 is 10.6 Å². The molecule has 2 N–H and O–H groups in total. The number of furan rings is 1. The van der Waals surface area contributed by atoms with Gasteiger partial charge in [0.15, 0.2) is 5.76 Å². The molecule has 2 aromatic rings. The molecule has 1 unspecified atom stereocenters. The minimum Gasteiger partial charge on any atom is -0.451 e. The van der Waals surface area contributed by atoms with Crippen molar-refractivity contribution in [2.75, 3.05) is 13.2 Å². The third-order valence-corrected chi connectivity index (χ3v) is 3.82. The first-order chi connectivity index (χ1) is 12.9. The fourth-order valence-corrected chi connectivity index (χ4v) is 2.63. The quantitative estimate of drug-likeness (QED) is 0.730. The van der Waals surface area contributed by atoms with E-state index in [0.29, 0.717) is 23.7 Å². The summed E-state index contributed by atoms with van der Waals surface area (Å²) in [7, 11) is 0. The van der Waals surface area contributed by atoms with Gasteiger partial charge in [-0.3, -0.25) is 4.79 Å². The molecule has 2 amide bonds. The molecule has 0 saturated heterocycles. The Labute approximate surface area is 158 Å². The van der Waals surface area contributed by atoms with Crippen molar-refractivity contribution >= 4 is 12.0 Å². The lowest BCUT2D eigenvalue weighted by molar-refractivity contribution is 0.0918. The first-order valence-corrected chi connectivity index (χ1v) is 8.96. The van der Waals surface area contributed by atoms with Crippen molar-refractivity contribution < 1.29 is 23.1 Å². The summed E-state index contributed by atoms with van der Waals surface area (Å²) in [5, 5.41) is 5.51. The van der Waals surface area contributed by atoms with Crippen molar-refractivity contribution in [2.24, 2.45) is 5.92 Å². The van der Waals surface area contributed by atoms with E-state index in [0.717, 1.165) is 0 Å². The Morgan fingerprint density at radius 3 is 2.48 bits per heavy atom. The molecule has 2 rings (SSSR count). The van der Waals surface area contributed by atoms with E-state index in [1.54, 1.807) is 31.2 Å². The number of hydrogen-bond acceptors (Lipinski definition) is 4. The molecule has 1 atom stereocenters. The Morgan fingerprint density at radius 2 is 1.85 bits per heavy atom. The van der Waals surface area contributed by atoms with Crippen LogP contribution in [0.25, 0.3) is 11.3 Å². The number of carbonyl (C=O) groups excluding carboxylic acids is 2. The third-order valence-electron chi connectivity index (χ3n) is 3.82. The van der Waals surface area contributed by atoms with Gasteiger partial charge in [0.25, 0.3) is 5.91 Å². The lowest BCUT2D eigenvalue weighted by Gasteiger charge is -2.20. The van der Waals surface area contributed by atoms with E-state index < -0.39 is 6.09 Å². The fourth-order valence-electron chi connectivity index (χ4n) is 2.63. The van der Waals surface area contributed by atoms with Crippen molar-refractivity contribution in [3.63, 3.8) is 0 Å². The number of rotatable bonds is 8. The molecule has 1 heterocycles. The maximum atomic E-state index is 13.0. The van der Waals surface area contributed by atoms with Crippen molar-refractivity contribution in [3.05, 3.63) is 48.0 Å². The second kappa shape index (κ2) is 9.75. The standard InChI is InChI=1S/C20H25FN2O4/c1-4-26-20(25)23-16(11-13(2)3)12-22-19(24)18-10-9-17(27-18)14-5-7-15(21)8-6-14/h5-10,13,16H,4,11-12H2,1-3H3,(H,22,24)(H,23,25). The number of ether oxygens (including phenoxy) is 1. The number of hydrogen-bond donors (Lipinski definition) is 2. The van der Waals surface area contributed by atoms with Gasteiger partial charge < -0.3 is 19.8 Å². The molecule has 0 saturated carbocycles. The van der Waals surface area contributed by atoms with Crippen LogP contribution in [0, 0.1) is 11.7 Å². The molecule has 1 aromatic carbocycles. The zero-order valence-corrected chi connectivity index (χ0v) is 15.8. The Hall–Kier alpha value is -2.83. The van der Waals surface area contributed by atoms with E-state index in [9.17, 15) is 14.0 Å². The Balaban J connectivity index is 1.96. The number of carbonyl (C=O) groups is 2. The highest BCUT2D eigenvalue weighted by atomic mass is 19.1. The molecular weight excluding hydrogens is 351 g/mol. The van der Waals surface area contributed by atoms with Gasteiger partial charge in [0, 0.05) is 18.2 Å². The second-order valence-corrected chi connectivity index (χ2v) is 6.57. The second-order valence-electron chi connectivity index (χ2n) is 6.57. The number of amides is 2. The van der Waals surface area contributed by atoms with Gasteiger partial charge in [-0.1, -0.05) is 13.8 Å². The Bertz CT molecular complexity index is 756. The zero-order chi connectivity index (χ0) is 19.8. The van der Waals surface area contributed by atoms with E-state index in [4.69, 9.17) is 9.15 Å². The first kappa shape index (κ1) is 20.5. The third kappa shape index (κ3) is 6.44. The SMILES string of the molecule is CCOC(=O)NC(CNC(=O)c1ccc(-c2ccc(F)cc2)o1)CC(C)C. The predicted octanol–water partition coefficient (Wildman–Crippen LogP) is 3.98. The molecule has 0 aliphatic carbocycles. The van der Waals surface area contributed by atoms with Crippen LogP contribution in [0.3, 0.4) is 0 Å². The molecule has 7 heteroatoms. The average molecular weight is 376 g/mol. The van der Waals surface area contributed by atoms with Gasteiger partial charge >= 0.3 is 6.09 Å². The van der Waals surface area contributed by atoms with E-state index >= 15 is 0 Å². The van der Waals surface area contributed by atoms with Gasteiger partial charge in [0.05, 0.1) is 6.61 Å². The molecular formula is C20H25FN2O4. The minimum absolute atomic E-state index is 0.147. The van der Waals surface area contributed by atoms with Gasteiger partial charge in [0.1, 0.15) is 11.6 Å².